The van der Waals surface area contributed by atoms with E-state index >= 15 is 0 Å². The number of ketones is 1. The zero-order chi connectivity index (χ0) is 28.4. The second kappa shape index (κ2) is 10.9. The van der Waals surface area contributed by atoms with Crippen LogP contribution in [0, 0.1) is 6.92 Å². The fourth-order valence-corrected chi connectivity index (χ4v) is 4.96. The van der Waals surface area contributed by atoms with Gasteiger partial charge in [-0.05, 0) is 65.4 Å². The molecular formula is C34H33NO5. The zero-order valence-corrected chi connectivity index (χ0v) is 23.2. The van der Waals surface area contributed by atoms with Crippen LogP contribution in [0.5, 0.6) is 5.75 Å². The van der Waals surface area contributed by atoms with Crippen LogP contribution in [0.1, 0.15) is 60.4 Å². The molecule has 1 fully saturated rings. The van der Waals surface area contributed by atoms with Gasteiger partial charge in [0.25, 0.3) is 11.7 Å². The molecule has 1 aliphatic rings. The number of aryl methyl sites for hydroxylation is 1. The average Bonchev–Trinajstić information content (AvgIpc) is 3.54. The molecule has 0 spiro atoms. The molecule has 5 rings (SSSR count). The van der Waals surface area contributed by atoms with Gasteiger partial charge in [0.15, 0.2) is 0 Å². The fourth-order valence-electron chi connectivity index (χ4n) is 4.96. The monoisotopic (exact) mass is 535 g/mol. The number of aliphatic hydroxyl groups is 1. The van der Waals surface area contributed by atoms with E-state index in [0.717, 1.165) is 22.3 Å². The summed E-state index contributed by atoms with van der Waals surface area (Å²) < 4.78 is 11.4. The van der Waals surface area contributed by atoms with E-state index in [4.69, 9.17) is 9.15 Å². The van der Waals surface area contributed by atoms with Crippen LogP contribution < -0.4 is 4.74 Å². The minimum absolute atomic E-state index is 0.0495. The SMILES string of the molecule is Cc1cccc(COc2ccc(C(O)=C3C(=O)C(=O)N(Cc4ccco4)C3c3ccc(C(C)(C)C)cc3)cc2)c1. The highest BCUT2D eigenvalue weighted by Crippen LogP contribution is 2.41. The van der Waals surface area contributed by atoms with Gasteiger partial charge in [-0.2, -0.15) is 0 Å². The highest BCUT2D eigenvalue weighted by atomic mass is 16.5. The van der Waals surface area contributed by atoms with E-state index in [-0.39, 0.29) is 23.3 Å². The first kappa shape index (κ1) is 27.0. The minimum atomic E-state index is -0.767. The van der Waals surface area contributed by atoms with Crippen molar-refractivity contribution in [2.75, 3.05) is 0 Å². The summed E-state index contributed by atoms with van der Waals surface area (Å²) in [4.78, 5) is 28.1. The molecule has 0 aliphatic carbocycles. The first-order chi connectivity index (χ1) is 19.1. The lowest BCUT2D eigenvalue weighted by Crippen LogP contribution is -2.29. The Labute approximate surface area is 234 Å². The molecule has 6 nitrogen and oxygen atoms in total. The van der Waals surface area contributed by atoms with Crippen molar-refractivity contribution in [2.45, 2.75) is 52.3 Å². The van der Waals surface area contributed by atoms with E-state index < -0.39 is 17.7 Å². The van der Waals surface area contributed by atoms with Crippen LogP contribution in [0.15, 0.2) is 101 Å². The molecule has 4 aromatic rings. The van der Waals surface area contributed by atoms with Crippen LogP contribution in [0.3, 0.4) is 0 Å². The van der Waals surface area contributed by atoms with E-state index in [1.54, 1.807) is 36.4 Å². The van der Waals surface area contributed by atoms with Gasteiger partial charge in [0.1, 0.15) is 23.9 Å². The van der Waals surface area contributed by atoms with E-state index in [1.807, 2.05) is 49.4 Å². The number of amides is 1. The molecular weight excluding hydrogens is 502 g/mol. The van der Waals surface area contributed by atoms with Gasteiger partial charge in [-0.25, -0.2) is 0 Å². The van der Waals surface area contributed by atoms with Crippen LogP contribution in [0.4, 0.5) is 0 Å². The zero-order valence-electron chi connectivity index (χ0n) is 23.2. The normalized spacial score (nSPS) is 16.9. The summed E-state index contributed by atoms with van der Waals surface area (Å²) in [7, 11) is 0. The summed E-state index contributed by atoms with van der Waals surface area (Å²) in [6.07, 6.45) is 1.53. The number of hydrogen-bond acceptors (Lipinski definition) is 5. The van der Waals surface area contributed by atoms with E-state index in [1.165, 1.54) is 11.2 Å². The Bertz CT molecular complexity index is 1540. The van der Waals surface area contributed by atoms with Gasteiger partial charge in [-0.15, -0.1) is 0 Å². The molecule has 1 saturated heterocycles. The van der Waals surface area contributed by atoms with Crippen LogP contribution in [-0.2, 0) is 28.2 Å². The minimum Gasteiger partial charge on any atom is -0.507 e. The number of likely N-dealkylation sites (tertiary alicyclic amines) is 1. The second-order valence-electron chi connectivity index (χ2n) is 11.2. The number of carbonyl (C=O) groups excluding carboxylic acids is 2. The van der Waals surface area contributed by atoms with Gasteiger partial charge in [-0.1, -0.05) is 74.9 Å². The molecule has 0 bridgehead atoms. The predicted octanol–water partition coefficient (Wildman–Crippen LogP) is 7.09. The molecule has 1 aromatic heterocycles. The third kappa shape index (κ3) is 5.57. The maximum atomic E-state index is 13.4. The van der Waals surface area contributed by atoms with Crippen LogP contribution in [0.25, 0.3) is 5.76 Å². The Morgan fingerprint density at radius 1 is 0.950 bits per heavy atom. The summed E-state index contributed by atoms with van der Waals surface area (Å²) in [5, 5.41) is 11.4. The fraction of sp³-hybridized carbons (Fsp3) is 0.235. The summed E-state index contributed by atoms with van der Waals surface area (Å²) in [6.45, 7) is 8.92. The van der Waals surface area contributed by atoms with E-state index in [2.05, 4.69) is 26.8 Å². The smallest absolute Gasteiger partial charge is 0.296 e. The van der Waals surface area contributed by atoms with Crippen LogP contribution in [0.2, 0.25) is 0 Å². The quantitative estimate of drug-likeness (QED) is 0.155. The standard InChI is InChI=1S/C34H33NO5/c1-22-7-5-8-23(19-22)21-40-27-16-12-25(13-17-27)31(36)29-30(24-10-14-26(15-11-24)34(2,3)4)35(33(38)32(29)37)20-28-9-6-18-39-28/h5-19,30,36H,20-21H2,1-4H3. The number of rotatable bonds is 7. The third-order valence-electron chi connectivity index (χ3n) is 7.15. The third-order valence-corrected chi connectivity index (χ3v) is 7.15. The van der Waals surface area contributed by atoms with Crippen molar-refractivity contribution in [1.82, 2.24) is 4.90 Å². The summed E-state index contributed by atoms with van der Waals surface area (Å²) in [6, 6.07) is 25.5. The number of nitrogens with zero attached hydrogens (tertiary/aromatic N) is 1. The van der Waals surface area contributed by atoms with Crippen molar-refractivity contribution in [3.8, 4) is 5.75 Å². The van der Waals surface area contributed by atoms with Gasteiger partial charge < -0.3 is 19.2 Å². The first-order valence-corrected chi connectivity index (χ1v) is 13.3. The lowest BCUT2D eigenvalue weighted by molar-refractivity contribution is -0.140. The number of hydrogen-bond donors (Lipinski definition) is 1. The highest BCUT2D eigenvalue weighted by Gasteiger charge is 2.46. The van der Waals surface area contributed by atoms with E-state index in [0.29, 0.717) is 23.7 Å². The number of benzene rings is 3. The Morgan fingerprint density at radius 3 is 2.30 bits per heavy atom. The lowest BCUT2D eigenvalue weighted by atomic mass is 9.85. The summed E-state index contributed by atoms with van der Waals surface area (Å²) >= 11 is 0. The molecule has 1 N–H and O–H groups in total. The van der Waals surface area contributed by atoms with Gasteiger partial charge in [0.05, 0.1) is 24.4 Å². The van der Waals surface area contributed by atoms with Gasteiger partial charge in [0.2, 0.25) is 0 Å². The Kier molecular flexibility index (Phi) is 7.35. The molecule has 204 valence electrons. The lowest BCUT2D eigenvalue weighted by Gasteiger charge is -2.26. The number of Topliss-reactive ketones (excluding diaryl/α,β-unsaturated/α-hetero) is 1. The number of furan rings is 1. The second-order valence-corrected chi connectivity index (χ2v) is 11.2. The Hall–Kier alpha value is -4.58. The van der Waals surface area contributed by atoms with Gasteiger partial charge in [-0.3, -0.25) is 9.59 Å². The van der Waals surface area contributed by atoms with Gasteiger partial charge >= 0.3 is 0 Å². The predicted molar refractivity (Wildman–Crippen MR) is 154 cm³/mol. The van der Waals surface area contributed by atoms with Crippen LogP contribution >= 0.6 is 0 Å². The van der Waals surface area contributed by atoms with Crippen molar-refractivity contribution in [1.29, 1.82) is 0 Å². The van der Waals surface area contributed by atoms with Crippen molar-refractivity contribution in [2.24, 2.45) is 0 Å². The number of ether oxygens (including phenoxy) is 1. The molecule has 2 heterocycles. The first-order valence-electron chi connectivity index (χ1n) is 13.3. The van der Waals surface area contributed by atoms with Crippen molar-refractivity contribution >= 4 is 17.4 Å². The average molecular weight is 536 g/mol. The van der Waals surface area contributed by atoms with E-state index in [9.17, 15) is 14.7 Å². The van der Waals surface area contributed by atoms with Crippen molar-refractivity contribution in [3.63, 3.8) is 0 Å². The topological polar surface area (TPSA) is 80.0 Å². The molecule has 1 atom stereocenters. The number of carbonyl (C=O) groups is 2. The maximum absolute atomic E-state index is 13.4. The Morgan fingerprint density at radius 2 is 1.68 bits per heavy atom. The Balaban J connectivity index is 1.48. The molecule has 40 heavy (non-hydrogen) atoms. The maximum Gasteiger partial charge on any atom is 0.296 e. The molecule has 1 unspecified atom stereocenters. The van der Waals surface area contributed by atoms with Crippen molar-refractivity contribution in [3.05, 3.63) is 130 Å². The largest absolute Gasteiger partial charge is 0.507 e. The molecule has 1 aliphatic heterocycles. The molecule has 3 aromatic carbocycles. The summed E-state index contributed by atoms with van der Waals surface area (Å²) in [5.74, 6) is -0.455. The highest BCUT2D eigenvalue weighted by molar-refractivity contribution is 6.46. The van der Waals surface area contributed by atoms with Crippen molar-refractivity contribution < 1.29 is 23.8 Å². The van der Waals surface area contributed by atoms with Gasteiger partial charge in [0, 0.05) is 5.56 Å². The van der Waals surface area contributed by atoms with Crippen LogP contribution in [-0.4, -0.2) is 21.7 Å². The molecule has 1 amide bonds. The molecule has 0 saturated carbocycles. The molecule has 6 heteroatoms. The molecule has 0 radical (unpaired) electrons. The summed E-state index contributed by atoms with van der Waals surface area (Å²) in [5.41, 5.74) is 4.49. The number of aliphatic hydroxyl groups excluding tert-OH is 1.